The second kappa shape index (κ2) is 7.80. The Labute approximate surface area is 168 Å². The van der Waals surface area contributed by atoms with Crippen molar-refractivity contribution in [2.45, 2.75) is 26.2 Å². The molecule has 0 saturated carbocycles. The van der Waals surface area contributed by atoms with E-state index < -0.39 is 0 Å². The average Bonchev–Trinajstić information content (AvgIpc) is 3.00. The first-order valence-electron chi connectivity index (χ1n) is 9.79. The standard InChI is InChI=1S/C24H31N3O/c1-24(2,3)18-11-13-19(14-12-18)27-22-10-8-7-9-20(22)21(17-28)23(27)26(6)16-15-25(4)5/h7-14,17H,15-16H2,1-6H3. The molecule has 1 aromatic heterocycles. The van der Waals surface area contributed by atoms with Crippen LogP contribution in [0.4, 0.5) is 5.82 Å². The zero-order valence-corrected chi connectivity index (χ0v) is 17.9. The van der Waals surface area contributed by atoms with Gasteiger partial charge in [-0.1, -0.05) is 51.1 Å². The van der Waals surface area contributed by atoms with Crippen molar-refractivity contribution < 1.29 is 4.79 Å². The molecule has 4 nitrogen and oxygen atoms in total. The van der Waals surface area contributed by atoms with Gasteiger partial charge in [-0.15, -0.1) is 0 Å². The third-order valence-corrected chi connectivity index (χ3v) is 5.24. The Hall–Kier alpha value is -2.59. The number of hydrogen-bond donors (Lipinski definition) is 0. The molecular formula is C24H31N3O. The Morgan fingerprint density at radius 2 is 1.57 bits per heavy atom. The monoisotopic (exact) mass is 377 g/mol. The lowest BCUT2D eigenvalue weighted by Gasteiger charge is -2.25. The Morgan fingerprint density at radius 1 is 0.929 bits per heavy atom. The van der Waals surface area contributed by atoms with Crippen molar-refractivity contribution in [3.63, 3.8) is 0 Å². The summed E-state index contributed by atoms with van der Waals surface area (Å²) in [5, 5.41) is 0.990. The summed E-state index contributed by atoms with van der Waals surface area (Å²) in [6.07, 6.45) is 0.990. The predicted octanol–water partition coefficient (Wildman–Crippen LogP) is 4.74. The topological polar surface area (TPSA) is 28.5 Å². The van der Waals surface area contributed by atoms with E-state index >= 15 is 0 Å². The molecule has 0 N–H and O–H groups in total. The van der Waals surface area contributed by atoms with Gasteiger partial charge in [0.15, 0.2) is 6.29 Å². The lowest BCUT2D eigenvalue weighted by Crippen LogP contribution is -2.30. The fourth-order valence-corrected chi connectivity index (χ4v) is 3.57. The van der Waals surface area contributed by atoms with Gasteiger partial charge in [-0.05, 0) is 43.3 Å². The summed E-state index contributed by atoms with van der Waals surface area (Å²) < 4.78 is 2.21. The summed E-state index contributed by atoms with van der Waals surface area (Å²) in [4.78, 5) is 16.4. The normalized spacial score (nSPS) is 12.0. The molecule has 2 aromatic carbocycles. The minimum absolute atomic E-state index is 0.108. The molecule has 0 fully saturated rings. The van der Waals surface area contributed by atoms with E-state index in [-0.39, 0.29) is 5.41 Å². The number of aldehydes is 1. The highest BCUT2D eigenvalue weighted by molar-refractivity contribution is 6.05. The maximum atomic E-state index is 12.1. The molecule has 0 aliphatic heterocycles. The van der Waals surface area contributed by atoms with Gasteiger partial charge < -0.3 is 9.80 Å². The molecular weight excluding hydrogens is 346 g/mol. The molecule has 3 aromatic rings. The van der Waals surface area contributed by atoms with Crippen LogP contribution in [0.15, 0.2) is 48.5 Å². The van der Waals surface area contributed by atoms with E-state index in [0.717, 1.165) is 47.3 Å². The number of fused-ring (bicyclic) bond motifs is 1. The van der Waals surface area contributed by atoms with Crippen molar-refractivity contribution in [1.29, 1.82) is 0 Å². The maximum absolute atomic E-state index is 12.1. The number of nitrogens with zero attached hydrogens (tertiary/aromatic N) is 3. The van der Waals surface area contributed by atoms with Gasteiger partial charge in [-0.2, -0.15) is 0 Å². The van der Waals surface area contributed by atoms with Crippen molar-refractivity contribution in [3.05, 3.63) is 59.7 Å². The highest BCUT2D eigenvalue weighted by Gasteiger charge is 2.21. The second-order valence-electron chi connectivity index (χ2n) is 8.73. The quantitative estimate of drug-likeness (QED) is 0.581. The first-order valence-corrected chi connectivity index (χ1v) is 9.79. The molecule has 0 atom stereocenters. The van der Waals surface area contributed by atoms with E-state index in [9.17, 15) is 4.79 Å². The maximum Gasteiger partial charge on any atom is 0.154 e. The number of carbonyl (C=O) groups is 1. The summed E-state index contributed by atoms with van der Waals surface area (Å²) in [7, 11) is 6.19. The molecule has 0 unspecified atom stereocenters. The number of rotatable bonds is 6. The summed E-state index contributed by atoms with van der Waals surface area (Å²) in [5.74, 6) is 0.946. The Morgan fingerprint density at radius 3 is 2.14 bits per heavy atom. The Bertz CT molecular complexity index is 962. The Balaban J connectivity index is 2.20. The van der Waals surface area contributed by atoms with Crippen molar-refractivity contribution in [3.8, 4) is 5.69 Å². The number of para-hydroxylation sites is 1. The van der Waals surface area contributed by atoms with Gasteiger partial charge in [0.2, 0.25) is 0 Å². The fourth-order valence-electron chi connectivity index (χ4n) is 3.57. The van der Waals surface area contributed by atoms with Crippen LogP contribution in [-0.4, -0.2) is 50.0 Å². The molecule has 3 rings (SSSR count). The minimum atomic E-state index is 0.108. The largest absolute Gasteiger partial charge is 0.359 e. The molecule has 0 amide bonds. The number of benzene rings is 2. The minimum Gasteiger partial charge on any atom is -0.359 e. The average molecular weight is 378 g/mol. The van der Waals surface area contributed by atoms with Crippen LogP contribution in [-0.2, 0) is 5.41 Å². The molecule has 4 heteroatoms. The highest BCUT2D eigenvalue weighted by atomic mass is 16.1. The fraction of sp³-hybridized carbons (Fsp3) is 0.375. The zero-order chi connectivity index (χ0) is 20.5. The van der Waals surface area contributed by atoms with Crippen LogP contribution in [0.5, 0.6) is 0 Å². The van der Waals surface area contributed by atoms with E-state index in [2.05, 4.69) is 86.6 Å². The molecule has 0 spiro atoms. The van der Waals surface area contributed by atoms with Crippen LogP contribution in [0.3, 0.4) is 0 Å². The number of anilines is 1. The molecule has 28 heavy (non-hydrogen) atoms. The van der Waals surface area contributed by atoms with Gasteiger partial charge >= 0.3 is 0 Å². The second-order valence-corrected chi connectivity index (χ2v) is 8.73. The van der Waals surface area contributed by atoms with Gasteiger partial charge in [0.05, 0.1) is 11.1 Å². The van der Waals surface area contributed by atoms with Crippen LogP contribution in [0.25, 0.3) is 16.6 Å². The van der Waals surface area contributed by atoms with Crippen molar-refractivity contribution in [1.82, 2.24) is 9.47 Å². The highest BCUT2D eigenvalue weighted by Crippen LogP contribution is 2.35. The van der Waals surface area contributed by atoms with Gasteiger partial charge in [0, 0.05) is 31.2 Å². The molecule has 0 aliphatic rings. The number of carbonyl (C=O) groups excluding carboxylic acids is 1. The molecule has 1 heterocycles. The first-order chi connectivity index (χ1) is 13.2. The zero-order valence-electron chi connectivity index (χ0n) is 17.9. The number of likely N-dealkylation sites (N-methyl/N-ethyl adjacent to an activating group) is 2. The van der Waals surface area contributed by atoms with Crippen molar-refractivity contribution >= 4 is 23.0 Å². The first kappa shape index (κ1) is 20.2. The van der Waals surface area contributed by atoms with Crippen molar-refractivity contribution in [2.75, 3.05) is 39.1 Å². The summed E-state index contributed by atoms with van der Waals surface area (Å²) in [5.41, 5.74) is 4.28. The third-order valence-electron chi connectivity index (χ3n) is 5.24. The molecule has 148 valence electrons. The van der Waals surface area contributed by atoms with E-state index in [1.165, 1.54) is 5.56 Å². The van der Waals surface area contributed by atoms with Crippen LogP contribution in [0.2, 0.25) is 0 Å². The van der Waals surface area contributed by atoms with Gasteiger partial charge in [-0.3, -0.25) is 9.36 Å². The predicted molar refractivity (Wildman–Crippen MR) is 119 cm³/mol. The SMILES string of the molecule is CN(C)CCN(C)c1c(C=O)c2ccccc2n1-c1ccc(C(C)(C)C)cc1. The van der Waals surface area contributed by atoms with E-state index in [0.29, 0.717) is 0 Å². The summed E-state index contributed by atoms with van der Waals surface area (Å²) >= 11 is 0. The number of aromatic nitrogens is 1. The van der Waals surface area contributed by atoms with Crippen LogP contribution < -0.4 is 4.90 Å². The van der Waals surface area contributed by atoms with Gasteiger partial charge in [0.1, 0.15) is 5.82 Å². The van der Waals surface area contributed by atoms with Gasteiger partial charge in [0.25, 0.3) is 0 Å². The Kier molecular flexibility index (Phi) is 5.61. The summed E-state index contributed by atoms with van der Waals surface area (Å²) in [6.45, 7) is 8.41. The van der Waals surface area contributed by atoms with Crippen LogP contribution >= 0.6 is 0 Å². The van der Waals surface area contributed by atoms with Gasteiger partial charge in [-0.25, -0.2) is 0 Å². The van der Waals surface area contributed by atoms with Crippen LogP contribution in [0.1, 0.15) is 36.7 Å². The smallest absolute Gasteiger partial charge is 0.154 e. The summed E-state index contributed by atoms with van der Waals surface area (Å²) in [6, 6.07) is 16.8. The van der Waals surface area contributed by atoms with Crippen molar-refractivity contribution in [2.24, 2.45) is 0 Å². The lowest BCUT2D eigenvalue weighted by atomic mass is 9.87. The molecule has 0 radical (unpaired) electrons. The van der Waals surface area contributed by atoms with E-state index in [4.69, 9.17) is 0 Å². The molecule has 0 saturated heterocycles. The molecule has 0 bridgehead atoms. The van der Waals surface area contributed by atoms with E-state index in [1.807, 2.05) is 18.2 Å². The third kappa shape index (κ3) is 3.83. The molecule has 0 aliphatic carbocycles. The van der Waals surface area contributed by atoms with Crippen LogP contribution in [0, 0.1) is 0 Å². The number of hydrogen-bond acceptors (Lipinski definition) is 3. The lowest BCUT2D eigenvalue weighted by molar-refractivity contribution is 0.112. The van der Waals surface area contributed by atoms with E-state index in [1.54, 1.807) is 0 Å².